The number of para-hydroxylation sites is 1. The normalized spacial score (nSPS) is 22.4. The van der Waals surface area contributed by atoms with Gasteiger partial charge in [-0.2, -0.15) is 0 Å². The van der Waals surface area contributed by atoms with Crippen LogP contribution in [0.1, 0.15) is 11.1 Å². The molecule has 1 saturated heterocycles. The number of hydrogen-bond acceptors (Lipinski definition) is 4. The van der Waals surface area contributed by atoms with Gasteiger partial charge in [-0.25, -0.2) is 0 Å². The van der Waals surface area contributed by atoms with E-state index in [9.17, 15) is 5.11 Å². The summed E-state index contributed by atoms with van der Waals surface area (Å²) in [5, 5.41) is 10.2. The molecule has 21 heavy (non-hydrogen) atoms. The minimum absolute atomic E-state index is 0.176. The molecule has 2 atom stereocenters. The van der Waals surface area contributed by atoms with Crippen LogP contribution in [0.4, 0.5) is 0 Å². The number of rotatable bonds is 4. The molecule has 0 bridgehead atoms. The van der Waals surface area contributed by atoms with E-state index < -0.39 is 6.10 Å². The summed E-state index contributed by atoms with van der Waals surface area (Å²) in [7, 11) is 0. The minimum Gasteiger partial charge on any atom is -0.486 e. The SMILES string of the molecule is Cc1cncc(CN2C[C@@H](O)[C@H](Oc3ccccc3)C2)c1. The molecular weight excluding hydrogens is 264 g/mol. The van der Waals surface area contributed by atoms with Gasteiger partial charge in [0.05, 0.1) is 0 Å². The quantitative estimate of drug-likeness (QED) is 0.933. The van der Waals surface area contributed by atoms with Gasteiger partial charge in [-0.3, -0.25) is 9.88 Å². The molecule has 3 rings (SSSR count). The number of nitrogens with zero attached hydrogens (tertiary/aromatic N) is 2. The maximum Gasteiger partial charge on any atom is 0.138 e. The highest BCUT2D eigenvalue weighted by Crippen LogP contribution is 2.20. The largest absolute Gasteiger partial charge is 0.486 e. The Morgan fingerprint density at radius 2 is 2.05 bits per heavy atom. The third-order valence-corrected chi connectivity index (χ3v) is 3.68. The highest BCUT2D eigenvalue weighted by molar-refractivity contribution is 5.22. The molecule has 2 aromatic rings. The number of aliphatic hydroxyl groups is 1. The molecule has 1 aromatic carbocycles. The first-order valence-corrected chi connectivity index (χ1v) is 7.23. The number of aryl methyl sites for hydroxylation is 1. The highest BCUT2D eigenvalue weighted by Gasteiger charge is 2.32. The summed E-state index contributed by atoms with van der Waals surface area (Å²) in [5.41, 5.74) is 2.33. The molecule has 4 heteroatoms. The Morgan fingerprint density at radius 1 is 1.24 bits per heavy atom. The second-order valence-corrected chi connectivity index (χ2v) is 5.60. The van der Waals surface area contributed by atoms with Crippen molar-refractivity contribution in [2.45, 2.75) is 25.7 Å². The van der Waals surface area contributed by atoms with E-state index in [4.69, 9.17) is 4.74 Å². The fraction of sp³-hybridized carbons (Fsp3) is 0.353. The number of likely N-dealkylation sites (tertiary alicyclic amines) is 1. The summed E-state index contributed by atoms with van der Waals surface area (Å²) in [4.78, 5) is 6.41. The van der Waals surface area contributed by atoms with Crippen LogP contribution >= 0.6 is 0 Å². The number of ether oxygens (including phenoxy) is 1. The van der Waals surface area contributed by atoms with Crippen molar-refractivity contribution >= 4 is 0 Å². The van der Waals surface area contributed by atoms with E-state index in [0.29, 0.717) is 6.54 Å². The lowest BCUT2D eigenvalue weighted by Gasteiger charge is -2.17. The fourth-order valence-electron chi connectivity index (χ4n) is 2.71. The van der Waals surface area contributed by atoms with Crippen LogP contribution in [0.2, 0.25) is 0 Å². The third-order valence-electron chi connectivity index (χ3n) is 3.68. The van der Waals surface area contributed by atoms with Crippen LogP contribution < -0.4 is 4.74 Å². The lowest BCUT2D eigenvalue weighted by molar-refractivity contribution is 0.0737. The van der Waals surface area contributed by atoms with Crippen molar-refractivity contribution in [1.29, 1.82) is 0 Å². The predicted octanol–water partition coefficient (Wildman–Crippen LogP) is 2.01. The Labute approximate surface area is 125 Å². The van der Waals surface area contributed by atoms with Crippen LogP contribution in [-0.4, -0.2) is 40.3 Å². The Kier molecular flexibility index (Phi) is 4.18. The Morgan fingerprint density at radius 3 is 2.81 bits per heavy atom. The van der Waals surface area contributed by atoms with Gasteiger partial charge >= 0.3 is 0 Å². The molecule has 1 aromatic heterocycles. The van der Waals surface area contributed by atoms with Gasteiger partial charge in [0.15, 0.2) is 0 Å². The Hall–Kier alpha value is -1.91. The smallest absolute Gasteiger partial charge is 0.138 e. The van der Waals surface area contributed by atoms with Crippen molar-refractivity contribution in [3.8, 4) is 5.75 Å². The van der Waals surface area contributed by atoms with Gasteiger partial charge in [-0.15, -0.1) is 0 Å². The molecule has 1 N–H and O–H groups in total. The zero-order valence-corrected chi connectivity index (χ0v) is 12.1. The van der Waals surface area contributed by atoms with Crippen LogP contribution in [0, 0.1) is 6.92 Å². The number of benzene rings is 1. The third kappa shape index (κ3) is 3.60. The zero-order chi connectivity index (χ0) is 14.7. The van der Waals surface area contributed by atoms with Crippen molar-refractivity contribution in [3.63, 3.8) is 0 Å². The van der Waals surface area contributed by atoms with Crippen molar-refractivity contribution < 1.29 is 9.84 Å². The van der Waals surface area contributed by atoms with Gasteiger partial charge < -0.3 is 9.84 Å². The zero-order valence-electron chi connectivity index (χ0n) is 12.1. The molecular formula is C17H20N2O2. The number of hydrogen-bond donors (Lipinski definition) is 1. The van der Waals surface area contributed by atoms with Crippen LogP contribution in [0.5, 0.6) is 5.75 Å². The van der Waals surface area contributed by atoms with Gasteiger partial charge in [0.1, 0.15) is 18.0 Å². The van der Waals surface area contributed by atoms with Crippen LogP contribution in [0.25, 0.3) is 0 Å². The van der Waals surface area contributed by atoms with E-state index >= 15 is 0 Å². The number of aromatic nitrogens is 1. The second-order valence-electron chi connectivity index (χ2n) is 5.60. The Bertz CT molecular complexity index is 588. The fourth-order valence-corrected chi connectivity index (χ4v) is 2.71. The van der Waals surface area contributed by atoms with Crippen molar-refractivity contribution in [2.24, 2.45) is 0 Å². The first-order chi connectivity index (χ1) is 10.2. The number of pyridine rings is 1. The molecule has 0 spiro atoms. The maximum absolute atomic E-state index is 10.2. The topological polar surface area (TPSA) is 45.6 Å². The molecule has 0 aliphatic carbocycles. The summed E-state index contributed by atoms with van der Waals surface area (Å²) in [5.74, 6) is 0.806. The van der Waals surface area contributed by atoms with E-state index in [-0.39, 0.29) is 6.10 Å². The average Bonchev–Trinajstić information content (AvgIpc) is 2.80. The summed E-state index contributed by atoms with van der Waals surface area (Å²) in [6.45, 7) is 4.19. The first-order valence-electron chi connectivity index (χ1n) is 7.23. The van der Waals surface area contributed by atoms with Gasteiger partial charge in [0, 0.05) is 32.0 Å². The van der Waals surface area contributed by atoms with Gasteiger partial charge in [0.25, 0.3) is 0 Å². The molecule has 2 heterocycles. The summed E-state index contributed by atoms with van der Waals surface area (Å²) < 4.78 is 5.87. The predicted molar refractivity (Wildman–Crippen MR) is 81.1 cm³/mol. The summed E-state index contributed by atoms with van der Waals surface area (Å²) in [6.07, 6.45) is 3.10. The number of aliphatic hydroxyl groups excluding tert-OH is 1. The molecule has 110 valence electrons. The van der Waals surface area contributed by atoms with E-state index in [1.54, 1.807) is 0 Å². The van der Waals surface area contributed by atoms with Crippen LogP contribution in [-0.2, 0) is 6.54 Å². The van der Waals surface area contributed by atoms with Crippen LogP contribution in [0.15, 0.2) is 48.8 Å². The molecule has 4 nitrogen and oxygen atoms in total. The standard InChI is InChI=1S/C17H20N2O2/c1-13-7-14(9-18-8-13)10-19-11-16(20)17(12-19)21-15-5-3-2-4-6-15/h2-9,16-17,20H,10-12H2,1H3/t16-,17-/m1/s1. The lowest BCUT2D eigenvalue weighted by Crippen LogP contribution is -2.29. The summed E-state index contributed by atoms with van der Waals surface area (Å²) >= 11 is 0. The van der Waals surface area contributed by atoms with E-state index in [1.165, 1.54) is 5.56 Å². The maximum atomic E-state index is 10.2. The van der Waals surface area contributed by atoms with Crippen LogP contribution in [0.3, 0.4) is 0 Å². The van der Waals surface area contributed by atoms with Gasteiger partial charge in [-0.05, 0) is 30.2 Å². The van der Waals surface area contributed by atoms with Crippen molar-refractivity contribution in [2.75, 3.05) is 13.1 Å². The molecule has 0 radical (unpaired) electrons. The average molecular weight is 284 g/mol. The first kappa shape index (κ1) is 14.0. The molecule has 0 unspecified atom stereocenters. The molecule has 1 fully saturated rings. The second kappa shape index (κ2) is 6.24. The highest BCUT2D eigenvalue weighted by atomic mass is 16.5. The van der Waals surface area contributed by atoms with E-state index in [1.807, 2.05) is 49.6 Å². The molecule has 1 aliphatic rings. The van der Waals surface area contributed by atoms with E-state index in [2.05, 4.69) is 16.0 Å². The molecule has 0 saturated carbocycles. The Balaban J connectivity index is 1.61. The van der Waals surface area contributed by atoms with Crippen molar-refractivity contribution in [1.82, 2.24) is 9.88 Å². The lowest BCUT2D eigenvalue weighted by atomic mass is 10.2. The van der Waals surface area contributed by atoms with E-state index in [0.717, 1.165) is 24.4 Å². The van der Waals surface area contributed by atoms with Gasteiger partial charge in [-0.1, -0.05) is 24.3 Å². The minimum atomic E-state index is -0.456. The summed E-state index contributed by atoms with van der Waals surface area (Å²) in [6, 6.07) is 11.8. The molecule has 1 aliphatic heterocycles. The van der Waals surface area contributed by atoms with Gasteiger partial charge in [0.2, 0.25) is 0 Å². The molecule has 0 amide bonds. The monoisotopic (exact) mass is 284 g/mol. The number of β-amino-alcohol motifs (C(OH)–C–C–N with tert-alkyl or cyclic N) is 1. The van der Waals surface area contributed by atoms with Crippen molar-refractivity contribution in [3.05, 3.63) is 59.9 Å².